The average molecular weight is 282 g/mol. The van der Waals surface area contributed by atoms with Crippen molar-refractivity contribution in [2.75, 3.05) is 0 Å². The molecule has 4 nitrogen and oxygen atoms in total. The fraction of sp³-hybridized carbons (Fsp3) is 0.294. The molecule has 0 fully saturated rings. The standard InChI is InChI=1S/C17H18N2O2/c1-12-14-9-5-6-10-15(14)21-16(12)17(20)19-18-11-13-7-3-2-4-8-13/h2-3,5-6,9-11,13H,4,7-8H2,1H3,(H,19,20)/b18-11-/t13-/m1/s1. The van der Waals surface area contributed by atoms with Gasteiger partial charge in [-0.3, -0.25) is 4.79 Å². The molecule has 1 atom stereocenters. The van der Waals surface area contributed by atoms with Crippen molar-refractivity contribution < 1.29 is 9.21 Å². The van der Waals surface area contributed by atoms with Gasteiger partial charge in [0.25, 0.3) is 0 Å². The number of fused-ring (bicyclic) bond motifs is 1. The summed E-state index contributed by atoms with van der Waals surface area (Å²) in [5, 5.41) is 5.03. The number of rotatable bonds is 3. The number of carbonyl (C=O) groups is 1. The molecule has 1 amide bonds. The second-order valence-corrected chi connectivity index (χ2v) is 5.32. The number of allylic oxidation sites excluding steroid dienone is 2. The highest BCUT2D eigenvalue weighted by Crippen LogP contribution is 2.24. The van der Waals surface area contributed by atoms with Crippen molar-refractivity contribution in [1.29, 1.82) is 0 Å². The van der Waals surface area contributed by atoms with Gasteiger partial charge in [-0.25, -0.2) is 5.43 Å². The summed E-state index contributed by atoms with van der Waals surface area (Å²) in [4.78, 5) is 12.1. The van der Waals surface area contributed by atoms with E-state index >= 15 is 0 Å². The summed E-state index contributed by atoms with van der Waals surface area (Å²) in [5.41, 5.74) is 4.13. The lowest BCUT2D eigenvalue weighted by atomic mass is 9.96. The molecule has 3 rings (SSSR count). The SMILES string of the molecule is Cc1c(C(=O)N/N=C\[C@@H]2CC=CCC2)oc2ccccc12. The van der Waals surface area contributed by atoms with Crippen LogP contribution in [0.15, 0.2) is 45.9 Å². The number of nitrogens with zero attached hydrogens (tertiary/aromatic N) is 1. The van der Waals surface area contributed by atoms with E-state index in [1.54, 1.807) is 0 Å². The molecule has 1 N–H and O–H groups in total. The summed E-state index contributed by atoms with van der Waals surface area (Å²) < 4.78 is 5.61. The Kier molecular flexibility index (Phi) is 3.86. The molecular weight excluding hydrogens is 264 g/mol. The Hall–Kier alpha value is -2.36. The maximum Gasteiger partial charge on any atom is 0.307 e. The van der Waals surface area contributed by atoms with Gasteiger partial charge in [-0.05, 0) is 38.2 Å². The Balaban J connectivity index is 1.70. The van der Waals surface area contributed by atoms with Gasteiger partial charge in [-0.15, -0.1) is 0 Å². The maximum absolute atomic E-state index is 12.1. The summed E-state index contributed by atoms with van der Waals surface area (Å²) in [5.74, 6) is 0.440. The molecular formula is C17H18N2O2. The number of hydrogen-bond acceptors (Lipinski definition) is 3. The first-order chi connectivity index (χ1) is 10.3. The zero-order valence-corrected chi connectivity index (χ0v) is 12.0. The zero-order chi connectivity index (χ0) is 14.7. The van der Waals surface area contributed by atoms with Gasteiger partial charge in [0.15, 0.2) is 5.76 Å². The second kappa shape index (κ2) is 5.95. The summed E-state index contributed by atoms with van der Waals surface area (Å²) in [6, 6.07) is 7.63. The number of para-hydroxylation sites is 1. The van der Waals surface area contributed by atoms with Gasteiger partial charge in [0, 0.05) is 17.2 Å². The predicted octanol–water partition coefficient (Wildman–Crippen LogP) is 3.81. The number of carbonyl (C=O) groups excluding carboxylic acids is 1. The summed E-state index contributed by atoms with van der Waals surface area (Å²) >= 11 is 0. The number of hydrazone groups is 1. The van der Waals surface area contributed by atoms with E-state index in [0.29, 0.717) is 11.7 Å². The number of nitrogens with one attached hydrogen (secondary N) is 1. The minimum atomic E-state index is -0.300. The third kappa shape index (κ3) is 2.89. The molecule has 108 valence electrons. The maximum atomic E-state index is 12.1. The number of benzene rings is 1. The molecule has 0 radical (unpaired) electrons. The fourth-order valence-electron chi connectivity index (χ4n) is 2.60. The summed E-state index contributed by atoms with van der Waals surface area (Å²) in [6.07, 6.45) is 9.31. The van der Waals surface area contributed by atoms with E-state index in [0.717, 1.165) is 35.8 Å². The summed E-state index contributed by atoms with van der Waals surface area (Å²) in [7, 11) is 0. The van der Waals surface area contributed by atoms with Crippen LogP contribution in [0.2, 0.25) is 0 Å². The smallest absolute Gasteiger partial charge is 0.307 e. The van der Waals surface area contributed by atoms with Crippen LogP contribution in [0.25, 0.3) is 11.0 Å². The van der Waals surface area contributed by atoms with Gasteiger partial charge in [0.05, 0.1) is 0 Å². The van der Waals surface area contributed by atoms with Gasteiger partial charge in [-0.1, -0.05) is 30.4 Å². The third-order valence-corrected chi connectivity index (χ3v) is 3.81. The van der Waals surface area contributed by atoms with Crippen LogP contribution in [0.1, 0.15) is 35.4 Å². The predicted molar refractivity (Wildman–Crippen MR) is 83.4 cm³/mol. The zero-order valence-electron chi connectivity index (χ0n) is 12.0. The Bertz CT molecular complexity index is 713. The molecule has 21 heavy (non-hydrogen) atoms. The molecule has 4 heteroatoms. The van der Waals surface area contributed by atoms with E-state index < -0.39 is 0 Å². The molecule has 0 saturated carbocycles. The van der Waals surface area contributed by atoms with Gasteiger partial charge in [-0.2, -0.15) is 5.10 Å². The van der Waals surface area contributed by atoms with E-state index in [4.69, 9.17) is 4.42 Å². The minimum absolute atomic E-state index is 0.300. The van der Waals surface area contributed by atoms with E-state index in [2.05, 4.69) is 22.7 Å². The van der Waals surface area contributed by atoms with Crippen LogP contribution in [0.4, 0.5) is 0 Å². The van der Waals surface area contributed by atoms with Crippen LogP contribution < -0.4 is 5.43 Å². The van der Waals surface area contributed by atoms with Crippen LogP contribution in [0, 0.1) is 12.8 Å². The lowest BCUT2D eigenvalue weighted by Crippen LogP contribution is -2.19. The monoisotopic (exact) mass is 282 g/mol. The number of amides is 1. The Morgan fingerprint density at radius 2 is 2.24 bits per heavy atom. The van der Waals surface area contributed by atoms with Crippen LogP contribution in [-0.4, -0.2) is 12.1 Å². The van der Waals surface area contributed by atoms with Gasteiger partial charge in [0.2, 0.25) is 0 Å². The Morgan fingerprint density at radius 3 is 3.00 bits per heavy atom. The first-order valence-corrected chi connectivity index (χ1v) is 7.22. The average Bonchev–Trinajstić information content (AvgIpc) is 2.86. The number of furan rings is 1. The lowest BCUT2D eigenvalue weighted by Gasteiger charge is -2.11. The van der Waals surface area contributed by atoms with Crippen LogP contribution in [-0.2, 0) is 0 Å². The van der Waals surface area contributed by atoms with Crippen molar-refractivity contribution in [1.82, 2.24) is 5.43 Å². The molecule has 1 aliphatic carbocycles. The molecule has 0 unspecified atom stereocenters. The van der Waals surface area contributed by atoms with E-state index in [9.17, 15) is 4.79 Å². The topological polar surface area (TPSA) is 54.6 Å². The van der Waals surface area contributed by atoms with Crippen LogP contribution in [0.5, 0.6) is 0 Å². The van der Waals surface area contributed by atoms with Gasteiger partial charge < -0.3 is 4.42 Å². The largest absolute Gasteiger partial charge is 0.451 e. The lowest BCUT2D eigenvalue weighted by molar-refractivity contribution is 0.0928. The van der Waals surface area contributed by atoms with Crippen LogP contribution in [0.3, 0.4) is 0 Å². The molecule has 1 heterocycles. The van der Waals surface area contributed by atoms with Crippen LogP contribution >= 0.6 is 0 Å². The quantitative estimate of drug-likeness (QED) is 0.528. The van der Waals surface area contributed by atoms with E-state index in [-0.39, 0.29) is 5.91 Å². The minimum Gasteiger partial charge on any atom is -0.451 e. The molecule has 1 aromatic carbocycles. The van der Waals surface area contributed by atoms with Crippen molar-refractivity contribution in [3.8, 4) is 0 Å². The Morgan fingerprint density at radius 1 is 1.38 bits per heavy atom. The van der Waals surface area contributed by atoms with E-state index in [1.807, 2.05) is 37.4 Å². The fourth-order valence-corrected chi connectivity index (χ4v) is 2.60. The van der Waals surface area contributed by atoms with Crippen molar-refractivity contribution in [3.63, 3.8) is 0 Å². The number of hydrogen-bond donors (Lipinski definition) is 1. The van der Waals surface area contributed by atoms with Crippen molar-refractivity contribution in [2.45, 2.75) is 26.2 Å². The molecule has 1 aromatic heterocycles. The first-order valence-electron chi connectivity index (χ1n) is 7.22. The van der Waals surface area contributed by atoms with E-state index in [1.165, 1.54) is 0 Å². The highest BCUT2D eigenvalue weighted by atomic mass is 16.3. The molecule has 2 aromatic rings. The van der Waals surface area contributed by atoms with Crippen molar-refractivity contribution in [3.05, 3.63) is 47.7 Å². The molecule has 0 spiro atoms. The third-order valence-electron chi connectivity index (χ3n) is 3.81. The summed E-state index contributed by atoms with van der Waals surface area (Å²) in [6.45, 7) is 1.89. The van der Waals surface area contributed by atoms with Crippen molar-refractivity contribution >= 4 is 23.1 Å². The molecule has 0 aliphatic heterocycles. The highest BCUT2D eigenvalue weighted by Gasteiger charge is 2.16. The normalized spacial score (nSPS) is 18.4. The number of aryl methyl sites for hydroxylation is 1. The van der Waals surface area contributed by atoms with Gasteiger partial charge >= 0.3 is 5.91 Å². The Labute approximate surface area is 123 Å². The van der Waals surface area contributed by atoms with Crippen molar-refractivity contribution in [2.24, 2.45) is 11.0 Å². The molecule has 0 bridgehead atoms. The second-order valence-electron chi connectivity index (χ2n) is 5.32. The first kappa shape index (κ1) is 13.6. The molecule has 0 saturated heterocycles. The molecule has 1 aliphatic rings. The van der Waals surface area contributed by atoms with Gasteiger partial charge in [0.1, 0.15) is 5.58 Å². The highest BCUT2D eigenvalue weighted by molar-refractivity contribution is 5.98.